The van der Waals surface area contributed by atoms with Crippen LogP contribution in [0.25, 0.3) is 0 Å². The number of rotatable bonds is 1. The highest BCUT2D eigenvalue weighted by atomic mass is 32.1. The van der Waals surface area contributed by atoms with E-state index in [0.29, 0.717) is 18.3 Å². The smallest absolute Gasteiger partial charge is 0.232 e. The van der Waals surface area contributed by atoms with Crippen molar-refractivity contribution in [3.63, 3.8) is 0 Å². The van der Waals surface area contributed by atoms with Gasteiger partial charge in [-0.15, -0.1) is 0 Å². The average Bonchev–Trinajstić information content (AvgIpc) is 2.74. The van der Waals surface area contributed by atoms with Gasteiger partial charge in [-0.1, -0.05) is 12.8 Å². The number of amides is 1. The molecular formula is C17H26N2O2S. The Balaban J connectivity index is 1.46. The monoisotopic (exact) mass is 322 g/mol. The van der Waals surface area contributed by atoms with Crippen LogP contribution in [-0.4, -0.2) is 42.2 Å². The van der Waals surface area contributed by atoms with Gasteiger partial charge in [0.1, 0.15) is 0 Å². The van der Waals surface area contributed by atoms with E-state index in [9.17, 15) is 4.79 Å². The predicted octanol–water partition coefficient (Wildman–Crippen LogP) is 2.33. The lowest BCUT2D eigenvalue weighted by molar-refractivity contribution is -0.137. The number of carbonyl (C=O) groups excluding carboxylic acids is 1. The number of hydrogen-bond donors (Lipinski definition) is 1. The van der Waals surface area contributed by atoms with Crippen LogP contribution in [0, 0.1) is 23.2 Å². The zero-order valence-corrected chi connectivity index (χ0v) is 14.0. The summed E-state index contributed by atoms with van der Waals surface area (Å²) in [4.78, 5) is 15.1. The number of morpholine rings is 1. The summed E-state index contributed by atoms with van der Waals surface area (Å²) in [5.74, 6) is 2.54. The molecule has 122 valence electrons. The molecule has 5 heteroatoms. The fraction of sp³-hybridized carbons (Fsp3) is 0.882. The second-order valence-electron chi connectivity index (χ2n) is 7.90. The van der Waals surface area contributed by atoms with Gasteiger partial charge in [-0.25, -0.2) is 0 Å². The van der Waals surface area contributed by atoms with Gasteiger partial charge in [-0.3, -0.25) is 4.79 Å². The first-order chi connectivity index (χ1) is 10.6. The first-order valence-electron chi connectivity index (χ1n) is 8.83. The number of fused-ring (bicyclic) bond motifs is 1. The molecule has 5 fully saturated rings. The Morgan fingerprint density at radius 2 is 1.64 bits per heavy atom. The molecule has 1 N–H and O–H groups in total. The minimum absolute atomic E-state index is 0.122. The van der Waals surface area contributed by atoms with Crippen LogP contribution in [0.3, 0.4) is 0 Å². The Labute approximate surface area is 137 Å². The van der Waals surface area contributed by atoms with Crippen LogP contribution in [0.15, 0.2) is 0 Å². The van der Waals surface area contributed by atoms with Gasteiger partial charge in [0.15, 0.2) is 5.11 Å². The van der Waals surface area contributed by atoms with Crippen LogP contribution in [0.4, 0.5) is 0 Å². The van der Waals surface area contributed by atoms with Crippen molar-refractivity contribution >= 4 is 23.2 Å². The first-order valence-corrected chi connectivity index (χ1v) is 9.23. The third-order valence-corrected chi connectivity index (χ3v) is 6.72. The molecule has 1 heterocycles. The van der Waals surface area contributed by atoms with Crippen molar-refractivity contribution in [1.29, 1.82) is 0 Å². The molecule has 0 radical (unpaired) electrons. The molecule has 2 unspecified atom stereocenters. The van der Waals surface area contributed by atoms with Gasteiger partial charge in [0.05, 0.1) is 18.6 Å². The highest BCUT2D eigenvalue weighted by molar-refractivity contribution is 7.80. The maximum atomic E-state index is 13.0. The minimum atomic E-state index is -0.122. The quantitative estimate of drug-likeness (QED) is 0.752. The van der Waals surface area contributed by atoms with E-state index in [1.165, 1.54) is 25.7 Å². The van der Waals surface area contributed by atoms with Crippen LogP contribution in [-0.2, 0) is 9.53 Å². The number of nitrogens with one attached hydrogen (secondary N) is 1. The zero-order chi connectivity index (χ0) is 15.2. The molecule has 5 aliphatic rings. The molecule has 4 saturated carbocycles. The van der Waals surface area contributed by atoms with Gasteiger partial charge in [0.25, 0.3) is 0 Å². The Morgan fingerprint density at radius 3 is 2.27 bits per heavy atom. The van der Waals surface area contributed by atoms with Crippen molar-refractivity contribution in [1.82, 2.24) is 10.2 Å². The number of carbonyl (C=O) groups is 1. The van der Waals surface area contributed by atoms with Crippen LogP contribution >= 0.6 is 12.2 Å². The second kappa shape index (κ2) is 5.75. The Kier molecular flexibility index (Phi) is 3.89. The van der Waals surface area contributed by atoms with Crippen LogP contribution < -0.4 is 5.32 Å². The van der Waals surface area contributed by atoms with E-state index in [1.807, 2.05) is 0 Å². The number of hydrogen-bond acceptors (Lipinski definition) is 3. The molecule has 4 bridgehead atoms. The van der Waals surface area contributed by atoms with Gasteiger partial charge in [0.2, 0.25) is 5.91 Å². The van der Waals surface area contributed by atoms with Gasteiger partial charge in [-0.05, 0) is 62.1 Å². The molecule has 1 amide bonds. The van der Waals surface area contributed by atoms with Crippen molar-refractivity contribution in [3.8, 4) is 0 Å². The van der Waals surface area contributed by atoms with E-state index in [-0.39, 0.29) is 11.3 Å². The molecule has 4 aliphatic carbocycles. The van der Waals surface area contributed by atoms with Crippen molar-refractivity contribution in [2.45, 2.75) is 44.9 Å². The van der Waals surface area contributed by atoms with Gasteiger partial charge < -0.3 is 15.0 Å². The van der Waals surface area contributed by atoms with Crippen molar-refractivity contribution < 1.29 is 9.53 Å². The van der Waals surface area contributed by atoms with Gasteiger partial charge in [0, 0.05) is 13.1 Å². The molecule has 0 aromatic carbocycles. The Morgan fingerprint density at radius 1 is 1.05 bits per heavy atom. The molecule has 0 aromatic heterocycles. The highest BCUT2D eigenvalue weighted by Gasteiger charge is 2.52. The molecule has 4 nitrogen and oxygen atoms in total. The maximum Gasteiger partial charge on any atom is 0.232 e. The summed E-state index contributed by atoms with van der Waals surface area (Å²) in [5, 5.41) is 3.71. The summed E-state index contributed by atoms with van der Waals surface area (Å²) in [6, 6.07) is 0. The highest BCUT2D eigenvalue weighted by Crippen LogP contribution is 2.57. The summed E-state index contributed by atoms with van der Waals surface area (Å²) >= 11 is 5.48. The van der Waals surface area contributed by atoms with Gasteiger partial charge >= 0.3 is 0 Å². The average molecular weight is 322 g/mol. The summed E-state index contributed by atoms with van der Waals surface area (Å²) < 4.78 is 5.36. The Hall–Kier alpha value is -0.680. The molecule has 22 heavy (non-hydrogen) atoms. The van der Waals surface area contributed by atoms with Crippen molar-refractivity contribution in [3.05, 3.63) is 0 Å². The lowest BCUT2D eigenvalue weighted by Crippen LogP contribution is -2.54. The topological polar surface area (TPSA) is 41.6 Å². The fourth-order valence-electron chi connectivity index (χ4n) is 5.54. The molecule has 0 spiro atoms. The van der Waals surface area contributed by atoms with E-state index in [2.05, 4.69) is 10.2 Å². The molecule has 5 rings (SSSR count). The number of ether oxygens (including phenoxy) is 1. The molecule has 0 aromatic rings. The summed E-state index contributed by atoms with van der Waals surface area (Å²) in [7, 11) is 0. The number of thiocarbonyl (C=S) groups is 1. The predicted molar refractivity (Wildman–Crippen MR) is 88.4 cm³/mol. The van der Waals surface area contributed by atoms with Crippen molar-refractivity contribution in [2.75, 3.05) is 26.3 Å². The fourth-order valence-corrected chi connectivity index (χ4v) is 5.82. The van der Waals surface area contributed by atoms with E-state index < -0.39 is 0 Å². The molecule has 4 atom stereocenters. The molecule has 1 saturated heterocycles. The second-order valence-corrected chi connectivity index (χ2v) is 8.28. The van der Waals surface area contributed by atoms with Gasteiger partial charge in [-0.2, -0.15) is 0 Å². The SMILES string of the molecule is O=C(NC(=S)N1CCOCC1)C12CC3C[C@@H](CC[C@@H](C3)C1)C2. The summed E-state index contributed by atoms with van der Waals surface area (Å²) in [6.45, 7) is 2.99. The largest absolute Gasteiger partial charge is 0.378 e. The van der Waals surface area contributed by atoms with Crippen LogP contribution in [0.5, 0.6) is 0 Å². The summed E-state index contributed by atoms with van der Waals surface area (Å²) in [5.41, 5.74) is -0.122. The summed E-state index contributed by atoms with van der Waals surface area (Å²) in [6.07, 6.45) is 8.68. The third-order valence-electron chi connectivity index (χ3n) is 6.36. The van der Waals surface area contributed by atoms with E-state index >= 15 is 0 Å². The normalized spacial score (nSPS) is 40.4. The lowest BCUT2D eigenvalue weighted by Gasteiger charge is -2.47. The maximum absolute atomic E-state index is 13.0. The van der Waals surface area contributed by atoms with Crippen LogP contribution in [0.1, 0.15) is 44.9 Å². The third kappa shape index (κ3) is 2.67. The van der Waals surface area contributed by atoms with Crippen molar-refractivity contribution in [2.24, 2.45) is 23.2 Å². The lowest BCUT2D eigenvalue weighted by atomic mass is 9.58. The van der Waals surface area contributed by atoms with Crippen LogP contribution in [0.2, 0.25) is 0 Å². The van der Waals surface area contributed by atoms with E-state index in [1.54, 1.807) is 0 Å². The molecular weight excluding hydrogens is 296 g/mol. The number of nitrogens with zero attached hydrogens (tertiary/aromatic N) is 1. The van der Waals surface area contributed by atoms with E-state index in [4.69, 9.17) is 17.0 Å². The van der Waals surface area contributed by atoms with E-state index in [0.717, 1.165) is 50.1 Å². The standard InChI is InChI=1S/C17H26N2O2S/c20-15(18-16(22)19-3-5-21-6-4-19)17-9-12-1-2-13(10-17)8-14(7-12)11-17/h12-14H,1-11H2,(H,18,20,22)/t12-,13+,14?,17?. The Bertz CT molecular complexity index is 459. The molecule has 1 aliphatic heterocycles. The first kappa shape index (κ1) is 14.9. The zero-order valence-electron chi connectivity index (χ0n) is 13.2. The minimum Gasteiger partial charge on any atom is -0.378 e.